The van der Waals surface area contributed by atoms with Crippen molar-refractivity contribution < 1.29 is 9.18 Å². The molecule has 1 amide bonds. The van der Waals surface area contributed by atoms with E-state index >= 15 is 0 Å². The Bertz CT molecular complexity index is 348. The Kier molecular flexibility index (Phi) is 4.72. The molecule has 0 aromatic heterocycles. The van der Waals surface area contributed by atoms with Crippen LogP contribution in [0.1, 0.15) is 5.56 Å². The molecule has 0 fully saturated rings. The van der Waals surface area contributed by atoms with Crippen LogP contribution in [0.4, 0.5) is 10.1 Å². The maximum atomic E-state index is 13.3. The number of nitrogens with two attached hydrogens (primary N) is 1. The van der Waals surface area contributed by atoms with Gasteiger partial charge in [-0.15, -0.1) is 0 Å². The lowest BCUT2D eigenvalue weighted by atomic mass is 10.2. The summed E-state index contributed by atoms with van der Waals surface area (Å²) in [4.78, 5) is 10.4. The zero-order valence-corrected chi connectivity index (χ0v) is 9.22. The highest BCUT2D eigenvalue weighted by atomic mass is 19.1. The van der Waals surface area contributed by atoms with E-state index in [-0.39, 0.29) is 12.4 Å². The van der Waals surface area contributed by atoms with E-state index in [0.717, 1.165) is 5.56 Å². The van der Waals surface area contributed by atoms with Crippen molar-refractivity contribution in [3.05, 3.63) is 29.6 Å². The number of hydrogen-bond donors (Lipinski definition) is 3. The van der Waals surface area contributed by atoms with Gasteiger partial charge >= 0.3 is 0 Å². The first-order valence-corrected chi connectivity index (χ1v) is 5.09. The highest BCUT2D eigenvalue weighted by Crippen LogP contribution is 2.17. The van der Waals surface area contributed by atoms with Crippen LogP contribution >= 0.6 is 0 Å². The van der Waals surface area contributed by atoms with Gasteiger partial charge in [-0.05, 0) is 18.6 Å². The highest BCUT2D eigenvalue weighted by Gasteiger charge is 2.03. The van der Waals surface area contributed by atoms with Gasteiger partial charge in [-0.3, -0.25) is 4.79 Å². The SMILES string of the molecule is Cc1cccc(F)c1NCCNCC(N)=O. The van der Waals surface area contributed by atoms with Gasteiger partial charge in [0.15, 0.2) is 0 Å². The summed E-state index contributed by atoms with van der Waals surface area (Å²) in [5.41, 5.74) is 6.31. The second kappa shape index (κ2) is 6.07. The first kappa shape index (κ1) is 12.4. The summed E-state index contributed by atoms with van der Waals surface area (Å²) in [5, 5.41) is 5.80. The molecule has 0 aliphatic carbocycles. The average Bonchev–Trinajstić information content (AvgIpc) is 2.21. The first-order valence-electron chi connectivity index (χ1n) is 5.09. The van der Waals surface area contributed by atoms with Crippen LogP contribution in [0.3, 0.4) is 0 Å². The molecule has 4 N–H and O–H groups in total. The molecule has 0 atom stereocenters. The van der Waals surface area contributed by atoms with Crippen LogP contribution in [0.2, 0.25) is 0 Å². The summed E-state index contributed by atoms with van der Waals surface area (Å²) in [5.74, 6) is -0.669. The van der Waals surface area contributed by atoms with Crippen molar-refractivity contribution in [3.63, 3.8) is 0 Å². The van der Waals surface area contributed by atoms with Gasteiger partial charge in [-0.25, -0.2) is 4.39 Å². The van der Waals surface area contributed by atoms with Crippen LogP contribution in [0.25, 0.3) is 0 Å². The zero-order valence-electron chi connectivity index (χ0n) is 9.22. The Labute approximate surface area is 94.0 Å². The van der Waals surface area contributed by atoms with Crippen LogP contribution in [-0.2, 0) is 4.79 Å². The minimum Gasteiger partial charge on any atom is -0.381 e. The second-order valence-corrected chi connectivity index (χ2v) is 3.50. The molecule has 5 heteroatoms. The molecule has 16 heavy (non-hydrogen) atoms. The first-order chi connectivity index (χ1) is 7.61. The molecule has 0 saturated heterocycles. The molecule has 1 aromatic rings. The van der Waals surface area contributed by atoms with Gasteiger partial charge in [-0.1, -0.05) is 12.1 Å². The van der Waals surface area contributed by atoms with E-state index in [2.05, 4.69) is 10.6 Å². The van der Waals surface area contributed by atoms with Crippen LogP contribution < -0.4 is 16.4 Å². The van der Waals surface area contributed by atoms with Crippen molar-refractivity contribution in [2.24, 2.45) is 5.73 Å². The predicted molar refractivity (Wildman–Crippen MR) is 61.7 cm³/mol. The molecule has 0 spiro atoms. The fraction of sp³-hybridized carbons (Fsp3) is 0.364. The number of nitrogens with one attached hydrogen (secondary N) is 2. The van der Waals surface area contributed by atoms with Crippen molar-refractivity contribution in [1.29, 1.82) is 0 Å². The lowest BCUT2D eigenvalue weighted by Gasteiger charge is -2.10. The minimum atomic E-state index is -0.401. The number of benzene rings is 1. The molecule has 0 saturated carbocycles. The van der Waals surface area contributed by atoms with E-state index in [1.165, 1.54) is 6.07 Å². The number of carbonyl (C=O) groups is 1. The van der Waals surface area contributed by atoms with Gasteiger partial charge in [0.25, 0.3) is 0 Å². The van der Waals surface area contributed by atoms with Crippen LogP contribution in [0.15, 0.2) is 18.2 Å². The number of anilines is 1. The van der Waals surface area contributed by atoms with Crippen LogP contribution in [0, 0.1) is 12.7 Å². The second-order valence-electron chi connectivity index (χ2n) is 3.50. The monoisotopic (exact) mass is 225 g/mol. The molecule has 0 aliphatic rings. The Morgan fingerprint density at radius 1 is 1.44 bits per heavy atom. The van der Waals surface area contributed by atoms with Gasteiger partial charge < -0.3 is 16.4 Å². The van der Waals surface area contributed by atoms with E-state index in [0.29, 0.717) is 18.8 Å². The quantitative estimate of drug-likeness (QED) is 0.622. The van der Waals surface area contributed by atoms with Crippen molar-refractivity contribution in [1.82, 2.24) is 5.32 Å². The minimum absolute atomic E-state index is 0.137. The standard InChI is InChI=1S/C11H16FN3O/c1-8-3-2-4-9(12)11(8)15-6-5-14-7-10(13)16/h2-4,14-15H,5-7H2,1H3,(H2,13,16). The lowest BCUT2D eigenvalue weighted by molar-refractivity contribution is -0.117. The molecule has 88 valence electrons. The summed E-state index contributed by atoms with van der Waals surface area (Å²) in [6, 6.07) is 4.91. The Morgan fingerprint density at radius 3 is 2.81 bits per heavy atom. The van der Waals surface area contributed by atoms with Gasteiger partial charge in [-0.2, -0.15) is 0 Å². The van der Waals surface area contributed by atoms with Crippen molar-refractivity contribution >= 4 is 11.6 Å². The third kappa shape index (κ3) is 3.86. The zero-order chi connectivity index (χ0) is 12.0. The summed E-state index contributed by atoms with van der Waals surface area (Å²) in [6.45, 7) is 3.06. The lowest BCUT2D eigenvalue weighted by Crippen LogP contribution is -2.31. The van der Waals surface area contributed by atoms with E-state index < -0.39 is 5.91 Å². The van der Waals surface area contributed by atoms with Gasteiger partial charge in [0, 0.05) is 13.1 Å². The summed E-state index contributed by atoms with van der Waals surface area (Å²) in [6.07, 6.45) is 0. The van der Waals surface area contributed by atoms with E-state index in [9.17, 15) is 9.18 Å². The number of amides is 1. The number of rotatable bonds is 6. The summed E-state index contributed by atoms with van der Waals surface area (Å²) < 4.78 is 13.3. The summed E-state index contributed by atoms with van der Waals surface area (Å²) in [7, 11) is 0. The molecule has 1 aromatic carbocycles. The normalized spacial score (nSPS) is 10.1. The number of hydrogen-bond acceptors (Lipinski definition) is 3. The molecule has 0 bridgehead atoms. The van der Waals surface area contributed by atoms with Crippen molar-refractivity contribution in [2.45, 2.75) is 6.92 Å². The fourth-order valence-corrected chi connectivity index (χ4v) is 1.34. The third-order valence-corrected chi connectivity index (χ3v) is 2.12. The Morgan fingerprint density at radius 2 is 2.19 bits per heavy atom. The molecular weight excluding hydrogens is 209 g/mol. The maximum absolute atomic E-state index is 13.3. The van der Waals surface area contributed by atoms with Crippen LogP contribution in [0.5, 0.6) is 0 Å². The molecule has 0 unspecified atom stereocenters. The molecule has 0 radical (unpaired) electrons. The van der Waals surface area contributed by atoms with Crippen LogP contribution in [-0.4, -0.2) is 25.5 Å². The number of halogens is 1. The molecule has 0 heterocycles. The summed E-state index contributed by atoms with van der Waals surface area (Å²) >= 11 is 0. The predicted octanol–water partition coefficient (Wildman–Crippen LogP) is 0.621. The Balaban J connectivity index is 2.34. The van der Waals surface area contributed by atoms with Gasteiger partial charge in [0.2, 0.25) is 5.91 Å². The number of para-hydroxylation sites is 1. The topological polar surface area (TPSA) is 67.2 Å². The molecule has 4 nitrogen and oxygen atoms in total. The number of carbonyl (C=O) groups excluding carboxylic acids is 1. The van der Waals surface area contributed by atoms with Crippen molar-refractivity contribution in [3.8, 4) is 0 Å². The van der Waals surface area contributed by atoms with E-state index in [4.69, 9.17) is 5.73 Å². The number of aryl methyl sites for hydroxylation is 1. The smallest absolute Gasteiger partial charge is 0.231 e. The van der Waals surface area contributed by atoms with E-state index in [1.54, 1.807) is 6.07 Å². The van der Waals surface area contributed by atoms with Crippen molar-refractivity contribution in [2.75, 3.05) is 25.0 Å². The molecular formula is C11H16FN3O. The molecule has 0 aliphatic heterocycles. The van der Waals surface area contributed by atoms with E-state index in [1.807, 2.05) is 13.0 Å². The average molecular weight is 225 g/mol. The van der Waals surface area contributed by atoms with Gasteiger partial charge in [0.05, 0.1) is 12.2 Å². The maximum Gasteiger partial charge on any atom is 0.231 e. The highest BCUT2D eigenvalue weighted by molar-refractivity contribution is 5.75. The van der Waals surface area contributed by atoms with Gasteiger partial charge in [0.1, 0.15) is 5.82 Å². The number of primary amides is 1. The Hall–Kier alpha value is -1.62. The fourth-order valence-electron chi connectivity index (χ4n) is 1.34. The largest absolute Gasteiger partial charge is 0.381 e. The third-order valence-electron chi connectivity index (χ3n) is 2.12. The molecule has 1 rings (SSSR count).